The van der Waals surface area contributed by atoms with Crippen molar-refractivity contribution in [1.29, 1.82) is 0 Å². The zero-order valence-electron chi connectivity index (χ0n) is 55.7. The SMILES string of the molecule is CC(=O)OC1=Cc2nc1c(-c1cc(C(C)(C)C)cc(C(C)(C)C)c1)c1ccc([nH]1)c(-c1cc(C(C)(C)C)cc(C(C)(C)C)c1)c1nc(c(-c3cc(C(C)(C)C)cc(C(C)(C)C)c3)c3ccc([nH]3)c2-c2cc(C(C)(C)C)cc(C(C)(C)C)c2)C=C1. The van der Waals surface area contributed by atoms with Crippen LogP contribution in [0.25, 0.3) is 90.6 Å². The number of carbonyl (C=O) groups excluding carboxylic acids is 1. The van der Waals surface area contributed by atoms with Crippen LogP contribution in [-0.2, 0) is 52.9 Å². The minimum absolute atomic E-state index is 0.141. The normalized spacial score (nSPS) is 13.8. The van der Waals surface area contributed by atoms with E-state index in [1.54, 1.807) is 0 Å². The molecule has 2 aliphatic rings. The van der Waals surface area contributed by atoms with Crippen LogP contribution in [0.3, 0.4) is 0 Å². The highest BCUT2D eigenvalue weighted by molar-refractivity contribution is 6.02. The van der Waals surface area contributed by atoms with Gasteiger partial charge in [-0.3, -0.25) is 4.79 Å². The maximum atomic E-state index is 13.7. The summed E-state index contributed by atoms with van der Waals surface area (Å²) < 4.78 is 6.49. The smallest absolute Gasteiger partial charge is 0.308 e. The molecule has 0 radical (unpaired) electrons. The first-order valence-electron chi connectivity index (χ1n) is 30.5. The number of benzene rings is 4. The Kier molecular flexibility index (Phi) is 15.3. The first-order chi connectivity index (χ1) is 38.4. The third kappa shape index (κ3) is 12.7. The topological polar surface area (TPSA) is 83.7 Å². The van der Waals surface area contributed by atoms with E-state index in [1.807, 2.05) is 6.08 Å². The van der Waals surface area contributed by atoms with Crippen LogP contribution < -0.4 is 0 Å². The molecule has 0 spiro atoms. The van der Waals surface area contributed by atoms with Gasteiger partial charge >= 0.3 is 5.97 Å². The lowest BCUT2D eigenvalue weighted by Crippen LogP contribution is -2.16. The molecule has 9 rings (SSSR count). The molecule has 6 heteroatoms. The average molecular weight is 1120 g/mol. The molecule has 3 aromatic heterocycles. The van der Waals surface area contributed by atoms with Crippen LogP contribution in [0.5, 0.6) is 0 Å². The fourth-order valence-corrected chi connectivity index (χ4v) is 11.3. The van der Waals surface area contributed by atoms with Crippen molar-refractivity contribution in [1.82, 2.24) is 19.9 Å². The second-order valence-electron chi connectivity index (χ2n) is 32.4. The third-order valence-electron chi connectivity index (χ3n) is 16.9. The minimum atomic E-state index is -0.423. The lowest BCUT2D eigenvalue weighted by molar-refractivity contribution is -0.134. The molecule has 2 aliphatic heterocycles. The van der Waals surface area contributed by atoms with E-state index in [0.29, 0.717) is 17.1 Å². The van der Waals surface area contributed by atoms with Crippen molar-refractivity contribution in [3.05, 3.63) is 164 Å². The van der Waals surface area contributed by atoms with Crippen molar-refractivity contribution < 1.29 is 9.53 Å². The number of ether oxygens (including phenoxy) is 1. The highest BCUT2D eigenvalue weighted by Crippen LogP contribution is 2.46. The second-order valence-corrected chi connectivity index (χ2v) is 32.4. The summed E-state index contributed by atoms with van der Waals surface area (Å²) in [5, 5.41) is 0. The maximum absolute atomic E-state index is 13.7. The number of aromatic nitrogens is 4. The van der Waals surface area contributed by atoms with Gasteiger partial charge in [0, 0.05) is 57.3 Å². The summed E-state index contributed by atoms with van der Waals surface area (Å²) in [6.07, 6.45) is 6.43. The van der Waals surface area contributed by atoms with Gasteiger partial charge in [0.05, 0.1) is 17.1 Å². The number of hydrogen-bond donors (Lipinski definition) is 2. The molecule has 0 unspecified atom stereocenters. The van der Waals surface area contributed by atoms with E-state index >= 15 is 0 Å². The Balaban J connectivity index is 1.61. The molecule has 2 N–H and O–H groups in total. The third-order valence-corrected chi connectivity index (χ3v) is 16.9. The molecule has 5 heterocycles. The highest BCUT2D eigenvalue weighted by atomic mass is 16.5. The summed E-state index contributed by atoms with van der Waals surface area (Å²) in [4.78, 5) is 33.6. The number of fused-ring (bicyclic) bond motifs is 8. The van der Waals surface area contributed by atoms with Gasteiger partial charge in [0.1, 0.15) is 5.69 Å². The van der Waals surface area contributed by atoms with Crippen LogP contribution in [0.1, 0.15) is 240 Å². The Morgan fingerprint density at radius 3 is 0.821 bits per heavy atom. The molecule has 6 nitrogen and oxygen atoms in total. The molecule has 440 valence electrons. The van der Waals surface area contributed by atoms with Crippen LogP contribution in [0.4, 0.5) is 0 Å². The number of hydrogen-bond acceptors (Lipinski definition) is 4. The van der Waals surface area contributed by atoms with Gasteiger partial charge in [-0.25, -0.2) is 9.97 Å². The van der Waals surface area contributed by atoms with E-state index in [1.165, 1.54) is 51.4 Å². The Bertz CT molecular complexity index is 3880. The fraction of sp³-hybridized carbons (Fsp3) is 0.423. The Morgan fingerprint density at radius 2 is 0.571 bits per heavy atom. The first-order valence-corrected chi connectivity index (χ1v) is 30.5. The summed E-state index contributed by atoms with van der Waals surface area (Å²) >= 11 is 0. The largest absolute Gasteiger partial charge is 0.424 e. The van der Waals surface area contributed by atoms with Crippen LogP contribution in [-0.4, -0.2) is 25.9 Å². The van der Waals surface area contributed by atoms with Crippen LogP contribution in [0, 0.1) is 0 Å². The van der Waals surface area contributed by atoms with Crippen molar-refractivity contribution in [2.45, 2.75) is 216 Å². The lowest BCUT2D eigenvalue weighted by Gasteiger charge is -2.26. The number of aromatic amines is 2. The molecular weight excluding hydrogens is 1020 g/mol. The zero-order chi connectivity index (χ0) is 62.0. The summed E-state index contributed by atoms with van der Waals surface area (Å²) in [6, 6.07) is 37.1. The predicted molar refractivity (Wildman–Crippen MR) is 361 cm³/mol. The van der Waals surface area contributed by atoms with Crippen molar-refractivity contribution in [2.75, 3.05) is 0 Å². The molecule has 0 amide bonds. The number of rotatable bonds is 5. The molecule has 0 saturated carbocycles. The summed E-state index contributed by atoms with van der Waals surface area (Å²) in [5.74, 6) is -0.0355. The van der Waals surface area contributed by atoms with Gasteiger partial charge in [-0.2, -0.15) is 0 Å². The van der Waals surface area contributed by atoms with Crippen molar-refractivity contribution in [3.8, 4) is 44.5 Å². The van der Waals surface area contributed by atoms with Gasteiger partial charge in [-0.1, -0.05) is 239 Å². The maximum Gasteiger partial charge on any atom is 0.308 e. The zero-order valence-corrected chi connectivity index (χ0v) is 55.7. The van der Waals surface area contributed by atoms with Crippen LogP contribution in [0.15, 0.2) is 97.1 Å². The molecule has 0 saturated heterocycles. The standard InChI is InChI=1S/C78H96N4O2/c1-45(83)84-65-44-64-68(48-36-54(75(14,15)16)42-55(37-48)76(17,18)19)62-29-28-60(80-62)66(46-32-50(71(2,3)4)40-51(33-46)72(5,6)7)58-26-27-59(79-58)67(47-34-52(73(8,9)10)41-53(35-47)74(11,12)13)61-30-31-63(81-61)69(70(65)82-64)49-38-56(77(20,21)22)43-57(39-49)78(23,24)25/h26-44,80-81H,1-25H3. The molecule has 8 bridgehead atoms. The minimum Gasteiger partial charge on any atom is -0.424 e. The van der Waals surface area contributed by atoms with E-state index in [4.69, 9.17) is 14.7 Å². The van der Waals surface area contributed by atoms with Gasteiger partial charge in [0.25, 0.3) is 0 Å². The van der Waals surface area contributed by atoms with Crippen molar-refractivity contribution in [2.24, 2.45) is 0 Å². The molecule has 0 aliphatic carbocycles. The van der Waals surface area contributed by atoms with Gasteiger partial charge in [-0.15, -0.1) is 0 Å². The quantitative estimate of drug-likeness (QED) is 0.168. The number of carbonyl (C=O) groups is 1. The Labute approximate surface area is 504 Å². The molecular formula is C78H96N4O2. The van der Waals surface area contributed by atoms with E-state index < -0.39 is 5.97 Å². The van der Waals surface area contributed by atoms with Gasteiger partial charge in [0.2, 0.25) is 0 Å². The first kappa shape index (κ1) is 61.5. The summed E-state index contributed by atoms with van der Waals surface area (Å²) in [7, 11) is 0. The van der Waals surface area contributed by atoms with Crippen LogP contribution >= 0.6 is 0 Å². The monoisotopic (exact) mass is 1120 g/mol. The lowest BCUT2D eigenvalue weighted by atomic mass is 9.78. The van der Waals surface area contributed by atoms with E-state index in [9.17, 15) is 4.79 Å². The molecule has 4 aromatic carbocycles. The molecule has 0 atom stereocenters. The number of H-pyrrole nitrogens is 2. The van der Waals surface area contributed by atoms with Gasteiger partial charge < -0.3 is 14.7 Å². The van der Waals surface area contributed by atoms with Crippen LogP contribution in [0.2, 0.25) is 0 Å². The number of esters is 1. The second kappa shape index (κ2) is 20.9. The molecule has 7 aromatic rings. The molecule has 0 fully saturated rings. The highest BCUT2D eigenvalue weighted by Gasteiger charge is 2.31. The summed E-state index contributed by atoms with van der Waals surface area (Å²) in [6.45, 7) is 56.4. The Hall–Kier alpha value is -7.05. The van der Waals surface area contributed by atoms with E-state index in [2.05, 4.69) is 285 Å². The van der Waals surface area contributed by atoms with Gasteiger partial charge in [-0.05, 0) is 146 Å². The molecule has 84 heavy (non-hydrogen) atoms. The van der Waals surface area contributed by atoms with Crippen molar-refractivity contribution in [3.63, 3.8) is 0 Å². The van der Waals surface area contributed by atoms with Crippen molar-refractivity contribution >= 4 is 52.0 Å². The predicted octanol–water partition coefficient (Wildman–Crippen LogP) is 21.6. The Morgan fingerprint density at radius 1 is 0.333 bits per heavy atom. The van der Waals surface area contributed by atoms with E-state index in [-0.39, 0.29) is 43.3 Å². The average Bonchev–Trinajstić information content (AvgIpc) is 3.99. The fourth-order valence-electron chi connectivity index (χ4n) is 11.3. The van der Waals surface area contributed by atoms with E-state index in [0.717, 1.165) is 78.0 Å². The van der Waals surface area contributed by atoms with Gasteiger partial charge in [0.15, 0.2) is 5.76 Å². The number of nitrogens with zero attached hydrogens (tertiary/aromatic N) is 2. The number of nitrogens with one attached hydrogen (secondary N) is 2. The summed E-state index contributed by atoms with van der Waals surface area (Å²) in [5.41, 5.74) is 22.9.